The largest absolute Gasteiger partial charge is 0.369 e. The monoisotopic (exact) mass is 344 g/mol. The van der Waals surface area contributed by atoms with Crippen molar-refractivity contribution in [2.45, 2.75) is 31.9 Å². The number of ether oxygens (including phenoxy) is 1. The van der Waals surface area contributed by atoms with Crippen LogP contribution in [0, 0.1) is 0 Å². The van der Waals surface area contributed by atoms with Crippen molar-refractivity contribution in [3.05, 3.63) is 36.7 Å². The van der Waals surface area contributed by atoms with Crippen LogP contribution >= 0.6 is 0 Å². The number of carbonyl (C=O) groups excluding carboxylic acids is 1. The second-order valence-corrected chi connectivity index (χ2v) is 6.55. The summed E-state index contributed by atoms with van der Waals surface area (Å²) < 4.78 is 7.37. The van der Waals surface area contributed by atoms with Crippen molar-refractivity contribution in [2.75, 3.05) is 25.0 Å². The maximum atomic E-state index is 12.4. The lowest BCUT2D eigenvalue weighted by atomic mass is 10.0. The Hall–Kier alpha value is -2.48. The van der Waals surface area contributed by atoms with E-state index in [2.05, 4.69) is 20.3 Å². The van der Waals surface area contributed by atoms with Crippen LogP contribution in [0.2, 0.25) is 0 Å². The molecule has 0 spiro atoms. The molecule has 25 heavy (non-hydrogen) atoms. The summed E-state index contributed by atoms with van der Waals surface area (Å²) in [5.74, 6) is 0.627. The van der Waals surface area contributed by atoms with Gasteiger partial charge in [-0.25, -0.2) is 15.0 Å². The zero-order chi connectivity index (χ0) is 17.8. The third-order valence-electron chi connectivity index (χ3n) is 4.20. The van der Waals surface area contributed by atoms with Crippen LogP contribution in [0.3, 0.4) is 0 Å². The number of anilines is 1. The number of nitrogens with zero attached hydrogens (tertiary/aromatic N) is 5. The molecule has 1 aliphatic heterocycles. The van der Waals surface area contributed by atoms with E-state index in [1.54, 1.807) is 24.8 Å². The SMILES string of the molecule is CC(C)OCC(=O)N1C[C@@H](Nc2ncccn2)[C@H](c2cn(C)cn2)C1. The first-order chi connectivity index (χ1) is 12.0. The molecule has 0 aliphatic carbocycles. The number of imidazole rings is 1. The number of nitrogens with one attached hydrogen (secondary N) is 1. The first-order valence-corrected chi connectivity index (χ1v) is 8.43. The first-order valence-electron chi connectivity index (χ1n) is 8.43. The van der Waals surface area contributed by atoms with Gasteiger partial charge in [0.2, 0.25) is 11.9 Å². The summed E-state index contributed by atoms with van der Waals surface area (Å²) in [6.45, 7) is 5.11. The highest BCUT2D eigenvalue weighted by Crippen LogP contribution is 2.28. The molecule has 1 amide bonds. The van der Waals surface area contributed by atoms with Gasteiger partial charge in [-0.1, -0.05) is 0 Å². The van der Waals surface area contributed by atoms with E-state index in [-0.39, 0.29) is 30.6 Å². The van der Waals surface area contributed by atoms with Crippen LogP contribution in [-0.2, 0) is 16.6 Å². The van der Waals surface area contributed by atoms with Crippen LogP contribution in [0.4, 0.5) is 5.95 Å². The standard InChI is InChI=1S/C17H24N6O2/c1-12(2)25-10-16(24)23-7-13(14-8-22(3)11-20-14)15(9-23)21-17-18-5-4-6-19-17/h4-6,8,11-13,15H,7,9-10H2,1-3H3,(H,18,19,21)/t13-,15+/m0/s1. The fourth-order valence-corrected chi connectivity index (χ4v) is 2.95. The van der Waals surface area contributed by atoms with Crippen molar-refractivity contribution in [2.24, 2.45) is 7.05 Å². The fourth-order valence-electron chi connectivity index (χ4n) is 2.95. The molecule has 8 nitrogen and oxygen atoms in total. The number of likely N-dealkylation sites (tertiary alicyclic amines) is 1. The molecule has 2 aromatic heterocycles. The van der Waals surface area contributed by atoms with Crippen LogP contribution < -0.4 is 5.32 Å². The van der Waals surface area contributed by atoms with E-state index in [0.717, 1.165) is 5.69 Å². The van der Waals surface area contributed by atoms with E-state index >= 15 is 0 Å². The molecule has 1 aliphatic rings. The maximum absolute atomic E-state index is 12.4. The summed E-state index contributed by atoms with van der Waals surface area (Å²) in [6.07, 6.45) is 7.19. The van der Waals surface area contributed by atoms with Gasteiger partial charge in [0.05, 0.1) is 24.2 Å². The molecule has 134 valence electrons. The minimum atomic E-state index is -0.00656. The number of hydrogen-bond acceptors (Lipinski definition) is 6. The van der Waals surface area contributed by atoms with E-state index in [1.807, 2.05) is 36.6 Å². The van der Waals surface area contributed by atoms with Gasteiger partial charge in [-0.2, -0.15) is 0 Å². The molecule has 1 N–H and O–H groups in total. The zero-order valence-corrected chi connectivity index (χ0v) is 14.8. The Morgan fingerprint density at radius 1 is 1.32 bits per heavy atom. The Labute approximate surface area is 147 Å². The number of rotatable bonds is 6. The summed E-state index contributed by atoms with van der Waals surface area (Å²) in [6, 6.07) is 1.77. The van der Waals surface area contributed by atoms with Gasteiger partial charge in [-0.15, -0.1) is 0 Å². The lowest BCUT2D eigenvalue weighted by molar-refractivity contribution is -0.136. The zero-order valence-electron chi connectivity index (χ0n) is 14.8. The normalized spacial score (nSPS) is 20.2. The number of amides is 1. The summed E-state index contributed by atoms with van der Waals surface area (Å²) in [4.78, 5) is 27.2. The van der Waals surface area contributed by atoms with Gasteiger partial charge in [0.25, 0.3) is 0 Å². The van der Waals surface area contributed by atoms with E-state index in [9.17, 15) is 4.79 Å². The van der Waals surface area contributed by atoms with Gasteiger partial charge < -0.3 is 19.5 Å². The first kappa shape index (κ1) is 17.3. The molecular weight excluding hydrogens is 320 g/mol. The molecule has 3 heterocycles. The second kappa shape index (κ2) is 7.60. The Kier molecular flexibility index (Phi) is 5.28. The van der Waals surface area contributed by atoms with Crippen molar-refractivity contribution < 1.29 is 9.53 Å². The maximum Gasteiger partial charge on any atom is 0.248 e. The van der Waals surface area contributed by atoms with Crippen molar-refractivity contribution >= 4 is 11.9 Å². The van der Waals surface area contributed by atoms with Gasteiger partial charge in [0.1, 0.15) is 6.61 Å². The van der Waals surface area contributed by atoms with E-state index < -0.39 is 0 Å². The van der Waals surface area contributed by atoms with Crippen molar-refractivity contribution in [1.82, 2.24) is 24.4 Å². The minimum absolute atomic E-state index is 0.000278. The van der Waals surface area contributed by atoms with Crippen molar-refractivity contribution in [3.8, 4) is 0 Å². The van der Waals surface area contributed by atoms with Crippen LogP contribution in [0.15, 0.2) is 31.0 Å². The van der Waals surface area contributed by atoms with Crippen LogP contribution in [0.25, 0.3) is 0 Å². The Balaban J connectivity index is 1.74. The molecule has 0 aromatic carbocycles. The Bertz CT molecular complexity index is 702. The van der Waals surface area contributed by atoms with Crippen LogP contribution in [0.5, 0.6) is 0 Å². The van der Waals surface area contributed by atoms with Gasteiger partial charge in [0.15, 0.2) is 0 Å². The third-order valence-corrected chi connectivity index (χ3v) is 4.20. The third kappa shape index (κ3) is 4.33. The summed E-state index contributed by atoms with van der Waals surface area (Å²) in [7, 11) is 1.94. The Morgan fingerprint density at radius 2 is 2.08 bits per heavy atom. The molecule has 0 unspecified atom stereocenters. The average Bonchev–Trinajstić information content (AvgIpc) is 3.20. The summed E-state index contributed by atoms with van der Waals surface area (Å²) in [5, 5.41) is 3.34. The highest BCUT2D eigenvalue weighted by Gasteiger charge is 2.37. The molecular formula is C17H24N6O2. The van der Waals surface area contributed by atoms with Crippen LogP contribution in [-0.4, -0.2) is 62.2 Å². The molecule has 3 rings (SSSR count). The molecule has 2 atom stereocenters. The molecule has 1 saturated heterocycles. The minimum Gasteiger partial charge on any atom is -0.369 e. The highest BCUT2D eigenvalue weighted by atomic mass is 16.5. The predicted octanol–water partition coefficient (Wildman–Crippen LogP) is 1.04. The molecule has 2 aromatic rings. The molecule has 8 heteroatoms. The van der Waals surface area contributed by atoms with E-state index in [0.29, 0.717) is 19.0 Å². The topological polar surface area (TPSA) is 85.2 Å². The van der Waals surface area contributed by atoms with Gasteiger partial charge >= 0.3 is 0 Å². The van der Waals surface area contributed by atoms with Gasteiger partial charge in [0, 0.05) is 44.6 Å². The van der Waals surface area contributed by atoms with E-state index in [4.69, 9.17) is 4.74 Å². The Morgan fingerprint density at radius 3 is 2.72 bits per heavy atom. The van der Waals surface area contributed by atoms with Gasteiger partial charge in [-0.05, 0) is 19.9 Å². The number of aryl methyl sites for hydroxylation is 1. The molecule has 0 bridgehead atoms. The van der Waals surface area contributed by atoms with Gasteiger partial charge in [-0.3, -0.25) is 4.79 Å². The average molecular weight is 344 g/mol. The number of aromatic nitrogens is 4. The second-order valence-electron chi connectivity index (χ2n) is 6.55. The predicted molar refractivity (Wildman–Crippen MR) is 93.1 cm³/mol. The number of carbonyl (C=O) groups is 1. The lowest BCUT2D eigenvalue weighted by Crippen LogP contribution is -2.35. The fraction of sp³-hybridized carbons (Fsp3) is 0.529. The smallest absolute Gasteiger partial charge is 0.248 e. The molecule has 0 radical (unpaired) electrons. The van der Waals surface area contributed by atoms with Crippen molar-refractivity contribution in [1.29, 1.82) is 0 Å². The van der Waals surface area contributed by atoms with Crippen molar-refractivity contribution in [3.63, 3.8) is 0 Å². The molecule has 0 saturated carbocycles. The number of hydrogen-bond donors (Lipinski definition) is 1. The lowest BCUT2D eigenvalue weighted by Gasteiger charge is -2.18. The van der Waals surface area contributed by atoms with E-state index in [1.165, 1.54) is 0 Å². The van der Waals surface area contributed by atoms with Crippen LogP contribution in [0.1, 0.15) is 25.5 Å². The highest BCUT2D eigenvalue weighted by molar-refractivity contribution is 5.78. The molecule has 1 fully saturated rings. The summed E-state index contributed by atoms with van der Waals surface area (Å²) in [5.41, 5.74) is 0.955. The summed E-state index contributed by atoms with van der Waals surface area (Å²) >= 11 is 0. The quantitative estimate of drug-likeness (QED) is 0.843.